The molecule has 156 valence electrons. The number of hydrogen-bond donors (Lipinski definition) is 2. The van der Waals surface area contributed by atoms with Crippen LogP contribution in [0.25, 0.3) is 0 Å². The number of hydrogen-bond acceptors (Lipinski definition) is 7. The molecule has 3 rings (SSSR count). The van der Waals surface area contributed by atoms with Crippen molar-refractivity contribution in [3.05, 3.63) is 65.1 Å². The van der Waals surface area contributed by atoms with Crippen molar-refractivity contribution in [2.45, 2.75) is 32.8 Å². The number of nitrogens with one attached hydrogen (secondary N) is 1. The van der Waals surface area contributed by atoms with Gasteiger partial charge in [0, 0.05) is 18.2 Å². The topological polar surface area (TPSA) is 127 Å². The Labute approximate surface area is 173 Å². The minimum Gasteiger partial charge on any atom is -0.465 e. The highest BCUT2D eigenvalue weighted by Crippen LogP contribution is 2.28. The van der Waals surface area contributed by atoms with Crippen molar-refractivity contribution < 1.29 is 14.7 Å². The molecule has 0 bridgehead atoms. The van der Waals surface area contributed by atoms with Crippen LogP contribution in [0, 0.1) is 0 Å². The van der Waals surface area contributed by atoms with Gasteiger partial charge in [-0.2, -0.15) is 0 Å². The van der Waals surface area contributed by atoms with Crippen LogP contribution < -0.4 is 5.32 Å². The van der Waals surface area contributed by atoms with Gasteiger partial charge in [-0.05, 0) is 21.9 Å². The largest absolute Gasteiger partial charge is 0.465 e. The number of aryl methyl sites for hydroxylation is 1. The summed E-state index contributed by atoms with van der Waals surface area (Å²) in [4.78, 5) is 21.1. The zero-order valence-electron chi connectivity index (χ0n) is 17.2. The van der Waals surface area contributed by atoms with E-state index in [4.69, 9.17) is 9.94 Å². The zero-order valence-corrected chi connectivity index (χ0v) is 17.2. The molecule has 0 aliphatic carbocycles. The predicted octanol–water partition coefficient (Wildman–Crippen LogP) is 2.96. The van der Waals surface area contributed by atoms with E-state index in [-0.39, 0.29) is 17.8 Å². The summed E-state index contributed by atoms with van der Waals surface area (Å²) < 4.78 is 1.50. The number of carboxylic acid groups (broad SMARTS) is 1. The Morgan fingerprint density at radius 2 is 1.93 bits per heavy atom. The van der Waals surface area contributed by atoms with Crippen molar-refractivity contribution in [1.29, 1.82) is 0 Å². The van der Waals surface area contributed by atoms with Gasteiger partial charge in [0.2, 0.25) is 5.82 Å². The van der Waals surface area contributed by atoms with Gasteiger partial charge in [0.1, 0.15) is 5.82 Å². The number of oxime groups is 1. The second-order valence-corrected chi connectivity index (χ2v) is 7.58. The standard InChI is InChI=1S/C20H23N7O3/c1-20(2,3)15-11-10-14(21-17(15)22-19(28)29)12-30-24-16(13-8-6-5-7-9-13)18-23-25-26-27(18)4/h5-11H,12H2,1-4H3,(H,21,22)(H,28,29). The fourth-order valence-corrected chi connectivity index (χ4v) is 2.79. The van der Waals surface area contributed by atoms with Gasteiger partial charge in [-0.1, -0.05) is 62.3 Å². The van der Waals surface area contributed by atoms with E-state index in [2.05, 4.69) is 31.0 Å². The lowest BCUT2D eigenvalue weighted by molar-refractivity contribution is 0.128. The molecule has 2 heterocycles. The van der Waals surface area contributed by atoms with Crippen LogP contribution in [0.5, 0.6) is 0 Å². The molecule has 0 saturated heterocycles. The Kier molecular flexibility index (Phi) is 6.05. The van der Waals surface area contributed by atoms with Crippen LogP contribution in [0.15, 0.2) is 47.6 Å². The van der Waals surface area contributed by atoms with Crippen molar-refractivity contribution in [2.24, 2.45) is 12.2 Å². The molecule has 0 aliphatic rings. The first kappa shape index (κ1) is 20.9. The van der Waals surface area contributed by atoms with Crippen molar-refractivity contribution >= 4 is 17.6 Å². The molecule has 0 saturated carbocycles. The second-order valence-electron chi connectivity index (χ2n) is 7.58. The third-order valence-electron chi connectivity index (χ3n) is 4.23. The Bertz CT molecular complexity index is 1060. The molecule has 0 unspecified atom stereocenters. The molecular weight excluding hydrogens is 386 g/mol. The first-order chi connectivity index (χ1) is 14.3. The average molecular weight is 409 g/mol. The van der Waals surface area contributed by atoms with Crippen LogP contribution in [0.3, 0.4) is 0 Å². The van der Waals surface area contributed by atoms with Gasteiger partial charge in [-0.25, -0.2) is 14.5 Å². The van der Waals surface area contributed by atoms with Crippen molar-refractivity contribution in [2.75, 3.05) is 5.32 Å². The first-order valence-corrected chi connectivity index (χ1v) is 9.24. The Morgan fingerprint density at radius 3 is 2.53 bits per heavy atom. The number of nitrogens with zero attached hydrogens (tertiary/aromatic N) is 6. The summed E-state index contributed by atoms with van der Waals surface area (Å²) in [5, 5.41) is 27.2. The number of pyridine rings is 1. The molecule has 0 spiro atoms. The van der Waals surface area contributed by atoms with Crippen molar-refractivity contribution in [3.63, 3.8) is 0 Å². The maximum Gasteiger partial charge on any atom is 0.410 e. The van der Waals surface area contributed by atoms with Crippen LogP contribution in [-0.4, -0.2) is 42.1 Å². The smallest absolute Gasteiger partial charge is 0.410 e. The molecule has 1 aromatic carbocycles. The lowest BCUT2D eigenvalue weighted by atomic mass is 9.87. The van der Waals surface area contributed by atoms with E-state index in [0.29, 0.717) is 17.2 Å². The van der Waals surface area contributed by atoms with E-state index in [1.807, 2.05) is 57.2 Å². The molecular formula is C20H23N7O3. The van der Waals surface area contributed by atoms with Gasteiger partial charge in [-0.3, -0.25) is 5.32 Å². The highest BCUT2D eigenvalue weighted by molar-refractivity contribution is 6.10. The summed E-state index contributed by atoms with van der Waals surface area (Å²) in [6.45, 7) is 6.00. The summed E-state index contributed by atoms with van der Waals surface area (Å²) in [5.74, 6) is 0.728. The van der Waals surface area contributed by atoms with Gasteiger partial charge in [0.25, 0.3) is 0 Å². The Balaban J connectivity index is 1.86. The molecule has 0 atom stereocenters. The minimum absolute atomic E-state index is 0.0420. The summed E-state index contributed by atoms with van der Waals surface area (Å²) >= 11 is 0. The monoisotopic (exact) mass is 409 g/mol. The summed E-state index contributed by atoms with van der Waals surface area (Å²) in [6.07, 6.45) is -1.18. The van der Waals surface area contributed by atoms with Gasteiger partial charge < -0.3 is 9.94 Å². The van der Waals surface area contributed by atoms with Crippen LogP contribution >= 0.6 is 0 Å². The van der Waals surface area contributed by atoms with E-state index in [1.54, 1.807) is 13.1 Å². The summed E-state index contributed by atoms with van der Waals surface area (Å²) in [6, 6.07) is 13.0. The summed E-state index contributed by atoms with van der Waals surface area (Å²) in [7, 11) is 1.71. The molecule has 1 amide bonds. The second kappa shape index (κ2) is 8.68. The highest BCUT2D eigenvalue weighted by atomic mass is 16.6. The third-order valence-corrected chi connectivity index (χ3v) is 4.23. The molecule has 3 aromatic rings. The van der Waals surface area contributed by atoms with E-state index in [0.717, 1.165) is 11.1 Å². The number of tetrazole rings is 1. The molecule has 10 nitrogen and oxygen atoms in total. The number of carbonyl (C=O) groups is 1. The van der Waals surface area contributed by atoms with E-state index < -0.39 is 6.09 Å². The molecule has 0 fully saturated rings. The summed E-state index contributed by atoms with van der Waals surface area (Å²) in [5.41, 5.74) is 2.30. The van der Waals surface area contributed by atoms with E-state index in [9.17, 15) is 4.79 Å². The van der Waals surface area contributed by atoms with Gasteiger partial charge in [-0.15, -0.1) is 5.10 Å². The lowest BCUT2D eigenvalue weighted by Gasteiger charge is -2.22. The number of amides is 1. The van der Waals surface area contributed by atoms with Crippen molar-refractivity contribution in [1.82, 2.24) is 25.2 Å². The van der Waals surface area contributed by atoms with E-state index in [1.165, 1.54) is 4.68 Å². The number of rotatable bonds is 6. The Morgan fingerprint density at radius 1 is 1.20 bits per heavy atom. The maximum absolute atomic E-state index is 11.2. The SMILES string of the molecule is Cn1nnnc1C(=NOCc1ccc(C(C)(C)C)c(NC(=O)O)n1)c1ccccc1. The van der Waals surface area contributed by atoms with Gasteiger partial charge in [0.15, 0.2) is 12.3 Å². The number of anilines is 1. The zero-order chi connectivity index (χ0) is 21.7. The quantitative estimate of drug-likeness (QED) is 0.473. The van der Waals surface area contributed by atoms with Gasteiger partial charge >= 0.3 is 6.09 Å². The van der Waals surface area contributed by atoms with Crippen LogP contribution in [0.2, 0.25) is 0 Å². The van der Waals surface area contributed by atoms with Crippen LogP contribution in [0.1, 0.15) is 43.4 Å². The van der Waals surface area contributed by atoms with Crippen LogP contribution in [0.4, 0.5) is 10.6 Å². The molecule has 0 radical (unpaired) electrons. The highest BCUT2D eigenvalue weighted by Gasteiger charge is 2.21. The van der Waals surface area contributed by atoms with E-state index >= 15 is 0 Å². The van der Waals surface area contributed by atoms with Crippen molar-refractivity contribution in [3.8, 4) is 0 Å². The fourth-order valence-electron chi connectivity index (χ4n) is 2.79. The average Bonchev–Trinajstić information content (AvgIpc) is 3.10. The number of aromatic nitrogens is 5. The molecule has 2 N–H and O–H groups in total. The lowest BCUT2D eigenvalue weighted by Crippen LogP contribution is -2.19. The predicted molar refractivity (Wildman–Crippen MR) is 110 cm³/mol. The molecule has 0 aliphatic heterocycles. The number of benzene rings is 1. The minimum atomic E-state index is -1.18. The third kappa shape index (κ3) is 4.96. The van der Waals surface area contributed by atoms with Crippen LogP contribution in [-0.2, 0) is 23.9 Å². The normalized spacial score (nSPS) is 11.9. The molecule has 30 heavy (non-hydrogen) atoms. The molecule has 10 heteroatoms. The van der Waals surface area contributed by atoms with Gasteiger partial charge in [0.05, 0.1) is 5.69 Å². The Hall–Kier alpha value is -3.82. The first-order valence-electron chi connectivity index (χ1n) is 9.24. The fraction of sp³-hybridized carbons (Fsp3) is 0.300. The molecule has 2 aromatic heterocycles. The maximum atomic E-state index is 11.2.